The Balaban J connectivity index is 0.000000119. The zero-order valence-electron chi connectivity index (χ0n) is 76.9. The topological polar surface area (TPSA) is 171 Å². The first-order valence-electron chi connectivity index (χ1n) is 43.9. The second-order valence-electron chi connectivity index (χ2n) is 37.6. The van der Waals surface area contributed by atoms with Gasteiger partial charge in [0.25, 0.3) is 25.3 Å². The van der Waals surface area contributed by atoms with Crippen LogP contribution in [0.2, 0.25) is 0 Å². The van der Waals surface area contributed by atoms with Crippen molar-refractivity contribution in [2.45, 2.75) is 160 Å². The highest BCUT2D eigenvalue weighted by Crippen LogP contribution is 2.49. The van der Waals surface area contributed by atoms with E-state index in [-0.39, 0.29) is 56.7 Å². The summed E-state index contributed by atoms with van der Waals surface area (Å²) in [5.41, 5.74) is 20.8. The minimum absolute atomic E-state index is 0.0294. The monoisotopic (exact) mass is 1810 g/mol. The molecular weight excluding hydrogens is 1710 g/mol. The van der Waals surface area contributed by atoms with Gasteiger partial charge < -0.3 is 17.7 Å². The Bertz CT molecular complexity index is 8290. The average Bonchev–Trinajstić information content (AvgIpc) is 1.61. The van der Waals surface area contributed by atoms with Crippen LogP contribution in [-0.2, 0) is 41.0 Å². The van der Waals surface area contributed by atoms with Crippen molar-refractivity contribution >= 4 is 132 Å². The van der Waals surface area contributed by atoms with Gasteiger partial charge in [0.05, 0.1) is 104 Å². The Kier molecular flexibility index (Phi) is 22.6. The summed E-state index contributed by atoms with van der Waals surface area (Å²) in [5, 5.41) is 6.51. The lowest BCUT2D eigenvalue weighted by atomic mass is 9.84. The third kappa shape index (κ3) is 15.8. The molecule has 1 saturated carbocycles. The van der Waals surface area contributed by atoms with Gasteiger partial charge in [-0.1, -0.05) is 85.6 Å². The maximum absolute atomic E-state index is 15.4. The number of nitrogens with zero attached hydrogens (tertiary/aromatic N) is 12. The van der Waals surface area contributed by atoms with E-state index in [0.29, 0.717) is 94.4 Å². The fraction of sp³-hybridized carbons (Fsp3) is 0.283. The summed E-state index contributed by atoms with van der Waals surface area (Å²) >= 11 is 0. The number of benzene rings is 8. The molecule has 676 valence electrons. The van der Waals surface area contributed by atoms with Crippen LogP contribution in [0.5, 0.6) is 0 Å². The molecule has 0 aliphatic heterocycles. The quantitative estimate of drug-likeness (QED) is 0.0762. The van der Waals surface area contributed by atoms with Crippen molar-refractivity contribution in [3.05, 3.63) is 260 Å². The largest absolute Gasteiger partial charge is 0.437 e. The maximum atomic E-state index is 15.4. The van der Waals surface area contributed by atoms with E-state index < -0.39 is 52.8 Å². The van der Waals surface area contributed by atoms with Crippen LogP contribution >= 0.6 is 0 Å². The highest BCUT2D eigenvalue weighted by atomic mass is 19.4. The molecule has 133 heavy (non-hydrogen) atoms. The molecule has 16 nitrogen and oxygen atoms in total. The molecule has 0 saturated heterocycles. The second-order valence-corrected chi connectivity index (χ2v) is 37.6. The van der Waals surface area contributed by atoms with E-state index in [0.717, 1.165) is 130 Å². The van der Waals surface area contributed by atoms with Crippen molar-refractivity contribution in [3.8, 4) is 45.0 Å². The Morgan fingerprint density at radius 1 is 0.361 bits per heavy atom. The molecule has 0 N–H and O–H groups in total. The summed E-state index contributed by atoms with van der Waals surface area (Å²) < 4.78 is 187. The van der Waals surface area contributed by atoms with Crippen LogP contribution in [0.4, 0.5) is 48.3 Å². The van der Waals surface area contributed by atoms with E-state index in [2.05, 4.69) is 124 Å². The van der Waals surface area contributed by atoms with Crippen LogP contribution in [0.3, 0.4) is 0 Å². The zero-order valence-corrected chi connectivity index (χ0v) is 76.9. The van der Waals surface area contributed by atoms with Crippen LogP contribution in [-0.4, -0.2) is 46.0 Å². The normalized spacial score (nSPS) is 13.0. The summed E-state index contributed by atoms with van der Waals surface area (Å²) in [4.78, 5) is 33.6. The average molecular weight is 1810 g/mol. The fourth-order valence-electron chi connectivity index (χ4n) is 19.0. The molecule has 12 aromatic heterocycles. The van der Waals surface area contributed by atoms with Crippen molar-refractivity contribution in [2.75, 3.05) is 0 Å². The number of hydrogen-bond acceptors (Lipinski definition) is 12. The number of furan rings is 4. The zero-order chi connectivity index (χ0) is 94.7. The molecule has 0 spiro atoms. The van der Waals surface area contributed by atoms with Crippen LogP contribution in [0.25, 0.3) is 177 Å². The van der Waals surface area contributed by atoms with Crippen molar-refractivity contribution in [1.29, 1.82) is 0 Å². The van der Waals surface area contributed by atoms with Gasteiger partial charge in [-0.05, 0) is 264 Å². The molecule has 1 aliphatic rings. The van der Waals surface area contributed by atoms with Crippen LogP contribution < -0.4 is 18.3 Å². The minimum Gasteiger partial charge on any atom is -0.437 e. The fourth-order valence-corrected chi connectivity index (χ4v) is 19.0. The lowest BCUT2D eigenvalue weighted by molar-refractivity contribution is -0.662. The number of fused-ring (bicyclic) bond motifs is 16. The molecule has 20 aromatic rings. The van der Waals surface area contributed by atoms with Gasteiger partial charge in [0.1, 0.15) is 62.8 Å². The van der Waals surface area contributed by atoms with Crippen LogP contribution in [0.1, 0.15) is 153 Å². The first-order valence-corrected chi connectivity index (χ1v) is 43.9. The van der Waals surface area contributed by atoms with Crippen molar-refractivity contribution in [3.63, 3.8) is 0 Å². The van der Waals surface area contributed by atoms with Gasteiger partial charge >= 0.3 is 6.18 Å². The van der Waals surface area contributed by atoms with Gasteiger partial charge in [0.15, 0.2) is 27.6 Å². The lowest BCUT2D eigenvalue weighted by Crippen LogP contribution is -2.34. The van der Waals surface area contributed by atoms with Gasteiger partial charge in [-0.3, -0.25) is 0 Å². The van der Waals surface area contributed by atoms with E-state index in [4.69, 9.17) is 22.7 Å². The number of halogens is 11. The highest BCUT2D eigenvalue weighted by Gasteiger charge is 2.47. The number of alkyl halides is 3. The minimum atomic E-state index is -4.35. The molecule has 8 aromatic carbocycles. The standard InChI is InChI=1S/C27H23F5N3O.C27H24F2N3O.C27H26F2N3O.C25H22F2N3O/c1-13-8-17-22-18(28)10-20(29)34-25(22)36-24(17)21(14(13)2)23-16-7-6-15(9-19(16)33-12-35(23)5)11-26(3,4)27(30,31)32;1-14-10-19-24-20(28)12-22(29)31-27(24)33-26(19)23(15(14)2)25-18-9-8-17(16-6-4-5-7-16)11-21(18)30-13-32(25)3;1-14-9-18-23-19(28)11-21(29)31-26(23)33-25(18)22(15(14)2)24-17-8-7-16(12-27(3,4)5)10-20(17)30-13-32(24)6;1-12(2)15-6-7-16-18(10-15)28-11-30(5)23(16)20-13(3)14(4)22(27)21-17-8-9-19(26)29-25(17)31-24(20)21/h6-10,12H,11H2,1-5H3;8-13,16H,4-7H2,1-3H3;7-11,13H,12H2,1-6H3;6-12H,1-5H3/q4*+1. The van der Waals surface area contributed by atoms with Gasteiger partial charge in [-0.25, -0.2) is 35.8 Å². The summed E-state index contributed by atoms with van der Waals surface area (Å²) in [6.07, 6.45) is 8.34. The summed E-state index contributed by atoms with van der Waals surface area (Å²) in [7, 11) is 7.57. The van der Waals surface area contributed by atoms with Gasteiger partial charge in [0, 0.05) is 34.4 Å². The van der Waals surface area contributed by atoms with Crippen molar-refractivity contribution in [1.82, 2.24) is 39.9 Å². The SMILES string of the molecule is Cc1c(C)c(F)c2c(oc3nc(F)ccc32)c1-c1c2ccc(C(C)C)cc2nc[n+]1C.Cc1cc2c(oc3nc(F)cc(F)c32)c(-c2c3ccc(C4CCCC4)cc3nc[n+]2C)c1C.Cc1cc2c(oc3nc(F)cc(F)c32)c(-c2c3ccc(CC(C)(C)C(F)(F)F)cc3nc[n+]2C)c1C.Cc1cc2c(oc3nc(F)cc(F)c32)c(-c2c3ccc(CC(C)(C)C)cc3nc[n+]2C)c1C. The number of aryl methyl sites for hydroxylation is 7. The predicted molar refractivity (Wildman–Crippen MR) is 493 cm³/mol. The summed E-state index contributed by atoms with van der Waals surface area (Å²) in [6.45, 7) is 28.7. The van der Waals surface area contributed by atoms with Crippen molar-refractivity contribution < 1.29 is 84.2 Å². The number of rotatable bonds is 9. The Hall–Kier alpha value is -13.9. The van der Waals surface area contributed by atoms with Crippen LogP contribution in [0, 0.1) is 113 Å². The number of aromatic nitrogens is 12. The Labute approximate surface area is 756 Å². The number of pyridine rings is 4. The van der Waals surface area contributed by atoms with Gasteiger partial charge in [-0.15, -0.1) is 0 Å². The molecule has 27 heteroatoms. The predicted octanol–water partition coefficient (Wildman–Crippen LogP) is 26.2. The third-order valence-corrected chi connectivity index (χ3v) is 26.4. The Morgan fingerprint density at radius 3 is 1.11 bits per heavy atom. The molecular formula is C106H95F11N12O4+4. The van der Waals surface area contributed by atoms with E-state index in [1.807, 2.05) is 102 Å². The molecule has 1 aliphatic carbocycles. The summed E-state index contributed by atoms with van der Waals surface area (Å²) in [5.74, 6) is -4.96. The summed E-state index contributed by atoms with van der Waals surface area (Å²) in [6, 6.07) is 34.8. The van der Waals surface area contributed by atoms with Gasteiger partial charge in [0.2, 0.25) is 46.6 Å². The Morgan fingerprint density at radius 2 is 0.714 bits per heavy atom. The third-order valence-electron chi connectivity index (χ3n) is 26.4. The van der Waals surface area contributed by atoms with Gasteiger partial charge in [-0.2, -0.15) is 50.7 Å². The molecule has 21 rings (SSSR count). The van der Waals surface area contributed by atoms with E-state index in [1.165, 1.54) is 68.4 Å². The molecule has 12 heterocycles. The van der Waals surface area contributed by atoms with E-state index in [1.54, 1.807) is 61.8 Å². The molecule has 0 atom stereocenters. The highest BCUT2D eigenvalue weighted by molar-refractivity contribution is 6.16. The van der Waals surface area contributed by atoms with Crippen LogP contribution in [0.15, 0.2) is 164 Å². The smallest absolute Gasteiger partial charge is 0.394 e. The molecule has 0 radical (unpaired) electrons. The first-order chi connectivity index (χ1) is 63.0. The lowest BCUT2D eigenvalue weighted by Gasteiger charge is -2.27. The molecule has 0 bridgehead atoms. The molecule has 1 fully saturated rings. The van der Waals surface area contributed by atoms with E-state index in [9.17, 15) is 43.9 Å². The maximum Gasteiger partial charge on any atom is 0.394 e. The van der Waals surface area contributed by atoms with Crippen molar-refractivity contribution in [2.24, 2.45) is 39.0 Å². The first kappa shape index (κ1) is 89.7. The molecule has 0 amide bonds. The second kappa shape index (κ2) is 33.5. The van der Waals surface area contributed by atoms with E-state index >= 15 is 4.39 Å². The molecule has 0 unspecified atom stereocenters. The number of hydrogen-bond donors (Lipinski definition) is 0.